The lowest BCUT2D eigenvalue weighted by Gasteiger charge is -2.25. The SMILES string of the molecule is COc1cccc2c1C(O)c1ccccc1C2=O. The van der Waals surface area contributed by atoms with Crippen molar-refractivity contribution in [1.29, 1.82) is 0 Å². The highest BCUT2D eigenvalue weighted by molar-refractivity contribution is 6.13. The van der Waals surface area contributed by atoms with E-state index in [4.69, 9.17) is 4.74 Å². The average Bonchev–Trinajstić information content (AvgIpc) is 2.44. The van der Waals surface area contributed by atoms with Crippen molar-refractivity contribution in [2.45, 2.75) is 6.10 Å². The van der Waals surface area contributed by atoms with Crippen LogP contribution in [0.1, 0.15) is 33.2 Å². The molecule has 0 bridgehead atoms. The second kappa shape index (κ2) is 3.96. The molecule has 3 nitrogen and oxygen atoms in total. The molecule has 0 aliphatic heterocycles. The summed E-state index contributed by atoms with van der Waals surface area (Å²) in [6.45, 7) is 0. The van der Waals surface area contributed by atoms with Gasteiger partial charge >= 0.3 is 0 Å². The van der Waals surface area contributed by atoms with Crippen molar-refractivity contribution >= 4 is 5.78 Å². The predicted octanol–water partition coefficient (Wildman–Crippen LogP) is 2.32. The van der Waals surface area contributed by atoms with Crippen LogP contribution in [0.25, 0.3) is 0 Å². The Kier molecular flexibility index (Phi) is 2.42. The molecule has 2 aromatic carbocycles. The Balaban J connectivity index is 2.30. The molecule has 0 radical (unpaired) electrons. The molecule has 0 fully saturated rings. The number of aliphatic hydroxyl groups excluding tert-OH is 1. The normalized spacial score (nSPS) is 17.0. The van der Waals surface area contributed by atoms with Gasteiger partial charge in [0.15, 0.2) is 5.78 Å². The van der Waals surface area contributed by atoms with Crippen LogP contribution in [-0.4, -0.2) is 18.0 Å². The zero-order chi connectivity index (χ0) is 12.7. The molecule has 0 aromatic heterocycles. The van der Waals surface area contributed by atoms with Gasteiger partial charge in [-0.15, -0.1) is 0 Å². The number of aliphatic hydroxyl groups is 1. The largest absolute Gasteiger partial charge is 0.496 e. The molecule has 2 aromatic rings. The molecule has 90 valence electrons. The molecule has 18 heavy (non-hydrogen) atoms. The lowest BCUT2D eigenvalue weighted by molar-refractivity contribution is 0.101. The second-order valence-corrected chi connectivity index (χ2v) is 4.24. The summed E-state index contributed by atoms with van der Waals surface area (Å²) in [7, 11) is 1.54. The summed E-state index contributed by atoms with van der Waals surface area (Å²) < 4.78 is 5.23. The minimum absolute atomic E-state index is 0.0650. The van der Waals surface area contributed by atoms with E-state index in [0.717, 1.165) is 0 Å². The summed E-state index contributed by atoms with van der Waals surface area (Å²) in [6, 6.07) is 12.4. The van der Waals surface area contributed by atoms with Crippen LogP contribution in [-0.2, 0) is 0 Å². The quantitative estimate of drug-likeness (QED) is 0.832. The van der Waals surface area contributed by atoms with Gasteiger partial charge in [0.05, 0.1) is 7.11 Å². The zero-order valence-electron chi connectivity index (χ0n) is 9.88. The van der Waals surface area contributed by atoms with E-state index in [9.17, 15) is 9.90 Å². The van der Waals surface area contributed by atoms with Gasteiger partial charge in [-0.05, 0) is 11.6 Å². The van der Waals surface area contributed by atoms with Crippen molar-refractivity contribution in [2.75, 3.05) is 7.11 Å². The van der Waals surface area contributed by atoms with Gasteiger partial charge in [0.25, 0.3) is 0 Å². The average molecular weight is 240 g/mol. The molecule has 3 heteroatoms. The van der Waals surface area contributed by atoms with E-state index in [1.807, 2.05) is 6.07 Å². The second-order valence-electron chi connectivity index (χ2n) is 4.24. The van der Waals surface area contributed by atoms with Gasteiger partial charge in [-0.2, -0.15) is 0 Å². The van der Waals surface area contributed by atoms with E-state index in [0.29, 0.717) is 28.0 Å². The molecule has 1 atom stereocenters. The molecular formula is C15H12O3. The number of hydrogen-bond acceptors (Lipinski definition) is 3. The molecular weight excluding hydrogens is 228 g/mol. The fourth-order valence-corrected chi connectivity index (χ4v) is 2.44. The molecule has 1 aliphatic rings. The Labute approximate surface area is 105 Å². The maximum Gasteiger partial charge on any atom is 0.193 e. The van der Waals surface area contributed by atoms with E-state index >= 15 is 0 Å². The first-order chi connectivity index (χ1) is 8.74. The van der Waals surface area contributed by atoms with Crippen LogP contribution in [0.3, 0.4) is 0 Å². The monoisotopic (exact) mass is 240 g/mol. The van der Waals surface area contributed by atoms with Crippen molar-refractivity contribution in [1.82, 2.24) is 0 Å². The summed E-state index contributed by atoms with van der Waals surface area (Å²) >= 11 is 0. The van der Waals surface area contributed by atoms with Crippen molar-refractivity contribution in [2.24, 2.45) is 0 Å². The maximum absolute atomic E-state index is 12.4. The van der Waals surface area contributed by atoms with Crippen LogP contribution in [0.5, 0.6) is 5.75 Å². The van der Waals surface area contributed by atoms with Gasteiger partial charge in [0.1, 0.15) is 11.9 Å². The van der Waals surface area contributed by atoms with Crippen LogP contribution in [0.15, 0.2) is 42.5 Å². The van der Waals surface area contributed by atoms with Gasteiger partial charge in [-0.25, -0.2) is 0 Å². The number of benzene rings is 2. The molecule has 0 spiro atoms. The third kappa shape index (κ3) is 1.38. The Morgan fingerprint density at radius 2 is 1.78 bits per heavy atom. The third-order valence-electron chi connectivity index (χ3n) is 3.30. The van der Waals surface area contributed by atoms with Crippen molar-refractivity contribution in [3.05, 3.63) is 64.7 Å². The molecule has 0 saturated carbocycles. The molecule has 1 unspecified atom stereocenters. The Hall–Kier alpha value is -2.13. The summed E-state index contributed by atoms with van der Waals surface area (Å²) in [5.41, 5.74) is 2.27. The number of carbonyl (C=O) groups is 1. The lowest BCUT2D eigenvalue weighted by Crippen LogP contribution is -2.19. The van der Waals surface area contributed by atoms with Crippen LogP contribution >= 0.6 is 0 Å². The van der Waals surface area contributed by atoms with Crippen molar-refractivity contribution in [3.63, 3.8) is 0 Å². The maximum atomic E-state index is 12.4. The molecule has 0 amide bonds. The fourth-order valence-electron chi connectivity index (χ4n) is 2.44. The standard InChI is InChI=1S/C15H12O3/c1-18-12-8-4-7-11-13(12)15(17)10-6-3-2-5-9(10)14(11)16/h2-8,15,17H,1H3. The smallest absolute Gasteiger partial charge is 0.193 e. The van der Waals surface area contributed by atoms with Gasteiger partial charge in [-0.3, -0.25) is 4.79 Å². The van der Waals surface area contributed by atoms with Gasteiger partial charge in [0, 0.05) is 16.7 Å². The summed E-state index contributed by atoms with van der Waals surface area (Å²) in [5, 5.41) is 10.4. The van der Waals surface area contributed by atoms with Crippen molar-refractivity contribution in [3.8, 4) is 5.75 Å². The summed E-state index contributed by atoms with van der Waals surface area (Å²) in [4.78, 5) is 12.4. The third-order valence-corrected chi connectivity index (χ3v) is 3.30. The lowest BCUT2D eigenvalue weighted by atomic mass is 9.82. The molecule has 3 rings (SSSR count). The summed E-state index contributed by atoms with van der Waals surface area (Å²) in [5.74, 6) is 0.479. The molecule has 1 aliphatic carbocycles. The topological polar surface area (TPSA) is 46.5 Å². The molecule has 0 heterocycles. The van der Waals surface area contributed by atoms with E-state index in [-0.39, 0.29) is 5.78 Å². The molecule has 1 N–H and O–H groups in total. The number of ketones is 1. The number of ether oxygens (including phenoxy) is 1. The predicted molar refractivity (Wildman–Crippen MR) is 66.9 cm³/mol. The number of carbonyl (C=O) groups excluding carboxylic acids is 1. The minimum atomic E-state index is -0.815. The van der Waals surface area contributed by atoms with E-state index in [2.05, 4.69) is 0 Å². The number of fused-ring (bicyclic) bond motifs is 2. The Bertz CT molecular complexity index is 631. The first-order valence-electron chi connectivity index (χ1n) is 5.72. The van der Waals surface area contributed by atoms with Crippen LogP contribution in [0, 0.1) is 0 Å². The first-order valence-corrected chi connectivity index (χ1v) is 5.72. The van der Waals surface area contributed by atoms with Gasteiger partial charge < -0.3 is 9.84 Å². The van der Waals surface area contributed by atoms with Crippen molar-refractivity contribution < 1.29 is 14.6 Å². The summed E-state index contributed by atoms with van der Waals surface area (Å²) in [6.07, 6.45) is -0.815. The van der Waals surface area contributed by atoms with E-state index < -0.39 is 6.10 Å². The number of methoxy groups -OCH3 is 1. The van der Waals surface area contributed by atoms with Crippen LogP contribution < -0.4 is 4.74 Å². The molecule has 0 saturated heterocycles. The highest BCUT2D eigenvalue weighted by Crippen LogP contribution is 2.39. The zero-order valence-corrected chi connectivity index (χ0v) is 9.88. The highest BCUT2D eigenvalue weighted by atomic mass is 16.5. The van der Waals surface area contributed by atoms with Crippen LogP contribution in [0.2, 0.25) is 0 Å². The fraction of sp³-hybridized carbons (Fsp3) is 0.133. The minimum Gasteiger partial charge on any atom is -0.496 e. The number of rotatable bonds is 1. The van der Waals surface area contributed by atoms with E-state index in [1.165, 1.54) is 7.11 Å². The number of hydrogen-bond donors (Lipinski definition) is 1. The highest BCUT2D eigenvalue weighted by Gasteiger charge is 2.31. The van der Waals surface area contributed by atoms with Gasteiger partial charge in [0.2, 0.25) is 0 Å². The first kappa shape index (κ1) is 11.0. The van der Waals surface area contributed by atoms with Crippen LogP contribution in [0.4, 0.5) is 0 Å². The Morgan fingerprint density at radius 3 is 2.56 bits per heavy atom. The Morgan fingerprint density at radius 1 is 1.06 bits per heavy atom. The van der Waals surface area contributed by atoms with E-state index in [1.54, 1.807) is 36.4 Å². The van der Waals surface area contributed by atoms with Gasteiger partial charge in [-0.1, -0.05) is 36.4 Å².